The third-order valence-corrected chi connectivity index (χ3v) is 6.28. The first-order chi connectivity index (χ1) is 14.7. The van der Waals surface area contributed by atoms with Crippen LogP contribution in [0.4, 0.5) is 17.1 Å². The van der Waals surface area contributed by atoms with Crippen molar-refractivity contribution in [3.05, 3.63) is 40.4 Å². The van der Waals surface area contributed by atoms with Gasteiger partial charge in [-0.25, -0.2) is 4.63 Å². The second-order valence-electron chi connectivity index (χ2n) is 8.15. The molecule has 0 saturated carbocycles. The number of fused-ring (bicyclic) bond motifs is 1. The van der Waals surface area contributed by atoms with E-state index in [4.69, 9.17) is 4.63 Å². The molecular formula is C22H25N5O3. The van der Waals surface area contributed by atoms with Gasteiger partial charge in [0.15, 0.2) is 0 Å². The summed E-state index contributed by atoms with van der Waals surface area (Å²) in [5, 5.41) is 19.2. The molecule has 2 saturated heterocycles. The monoisotopic (exact) mass is 407 g/mol. The summed E-state index contributed by atoms with van der Waals surface area (Å²) in [6.07, 6.45) is 7.37. The lowest BCUT2D eigenvalue weighted by Gasteiger charge is -2.34. The first-order valence-electron chi connectivity index (χ1n) is 10.8. The lowest BCUT2D eigenvalue weighted by molar-refractivity contribution is -0.383. The van der Waals surface area contributed by atoms with E-state index in [2.05, 4.69) is 38.3 Å². The number of benzene rings is 2. The normalized spacial score (nSPS) is 17.5. The SMILES string of the molecule is O=[N+]([O-])c1ccc(-c2ccc(N3CCCCC3)cc2N2CCCCC2)c2nonc12. The van der Waals surface area contributed by atoms with E-state index in [1.807, 2.05) is 0 Å². The number of anilines is 2. The molecule has 2 aliphatic rings. The number of hydrogen-bond acceptors (Lipinski definition) is 7. The van der Waals surface area contributed by atoms with Crippen LogP contribution in [0.5, 0.6) is 0 Å². The fraction of sp³-hybridized carbons (Fsp3) is 0.455. The first kappa shape index (κ1) is 18.8. The average molecular weight is 407 g/mol. The van der Waals surface area contributed by atoms with Crippen LogP contribution in [0.1, 0.15) is 38.5 Å². The molecule has 0 spiro atoms. The van der Waals surface area contributed by atoms with Crippen molar-refractivity contribution < 1.29 is 9.55 Å². The molecule has 0 amide bonds. The minimum absolute atomic E-state index is 0.0838. The first-order valence-corrected chi connectivity index (χ1v) is 10.8. The molecule has 3 aromatic rings. The molecule has 2 aliphatic heterocycles. The van der Waals surface area contributed by atoms with Crippen molar-refractivity contribution >= 4 is 28.1 Å². The maximum atomic E-state index is 11.4. The average Bonchev–Trinajstić information content (AvgIpc) is 3.29. The highest BCUT2D eigenvalue weighted by atomic mass is 16.6. The third kappa shape index (κ3) is 3.36. The van der Waals surface area contributed by atoms with Crippen LogP contribution in [0.2, 0.25) is 0 Å². The highest BCUT2D eigenvalue weighted by Gasteiger charge is 2.24. The molecule has 3 heterocycles. The van der Waals surface area contributed by atoms with E-state index in [0.717, 1.165) is 43.0 Å². The van der Waals surface area contributed by atoms with Gasteiger partial charge in [0.1, 0.15) is 5.52 Å². The largest absolute Gasteiger partial charge is 0.371 e. The van der Waals surface area contributed by atoms with Crippen molar-refractivity contribution in [2.45, 2.75) is 38.5 Å². The number of nitro groups is 1. The molecular weight excluding hydrogens is 382 g/mol. The van der Waals surface area contributed by atoms with Crippen LogP contribution in [0.25, 0.3) is 22.2 Å². The van der Waals surface area contributed by atoms with E-state index < -0.39 is 4.92 Å². The van der Waals surface area contributed by atoms with Crippen LogP contribution in [0.3, 0.4) is 0 Å². The quantitative estimate of drug-likeness (QED) is 0.454. The summed E-state index contributed by atoms with van der Waals surface area (Å²) in [4.78, 5) is 15.8. The van der Waals surface area contributed by atoms with E-state index in [1.54, 1.807) is 6.07 Å². The summed E-state index contributed by atoms with van der Waals surface area (Å²) in [7, 11) is 0. The van der Waals surface area contributed by atoms with E-state index in [0.29, 0.717) is 5.52 Å². The zero-order valence-corrected chi connectivity index (χ0v) is 16.9. The molecule has 0 atom stereocenters. The fourth-order valence-electron chi connectivity index (χ4n) is 4.71. The summed E-state index contributed by atoms with van der Waals surface area (Å²) < 4.78 is 4.90. The van der Waals surface area contributed by atoms with E-state index >= 15 is 0 Å². The zero-order valence-electron chi connectivity index (χ0n) is 16.9. The van der Waals surface area contributed by atoms with Crippen molar-refractivity contribution in [1.82, 2.24) is 10.3 Å². The molecule has 0 N–H and O–H groups in total. The Balaban J connectivity index is 1.64. The lowest BCUT2D eigenvalue weighted by Crippen LogP contribution is -2.31. The molecule has 8 heteroatoms. The highest BCUT2D eigenvalue weighted by molar-refractivity contribution is 5.99. The number of rotatable bonds is 4. The van der Waals surface area contributed by atoms with Gasteiger partial charge in [0.05, 0.1) is 4.92 Å². The van der Waals surface area contributed by atoms with Crippen LogP contribution in [-0.4, -0.2) is 41.4 Å². The molecule has 5 rings (SSSR count). The highest BCUT2D eigenvalue weighted by Crippen LogP contribution is 2.40. The smallest absolute Gasteiger partial charge is 0.300 e. The van der Waals surface area contributed by atoms with Gasteiger partial charge in [-0.15, -0.1) is 0 Å². The number of nitrogens with zero attached hydrogens (tertiary/aromatic N) is 5. The minimum Gasteiger partial charge on any atom is -0.371 e. The fourth-order valence-corrected chi connectivity index (χ4v) is 4.71. The van der Waals surface area contributed by atoms with Gasteiger partial charge in [-0.05, 0) is 67.0 Å². The summed E-state index contributed by atoms with van der Waals surface area (Å²) in [5.74, 6) is 0. The predicted octanol–water partition coefficient (Wildman–Crippen LogP) is 4.78. The Hall–Kier alpha value is -3.16. The van der Waals surface area contributed by atoms with Gasteiger partial charge in [0.25, 0.3) is 0 Å². The van der Waals surface area contributed by atoms with Crippen LogP contribution in [-0.2, 0) is 0 Å². The molecule has 0 bridgehead atoms. The maximum absolute atomic E-state index is 11.4. The van der Waals surface area contributed by atoms with Crippen molar-refractivity contribution in [2.75, 3.05) is 36.0 Å². The Bertz CT molecular complexity index is 1070. The number of piperidine rings is 2. The molecule has 0 radical (unpaired) electrons. The third-order valence-electron chi connectivity index (χ3n) is 6.28. The summed E-state index contributed by atoms with van der Waals surface area (Å²) >= 11 is 0. The Kier molecular flexibility index (Phi) is 4.98. The Morgan fingerprint density at radius 2 is 1.43 bits per heavy atom. The van der Waals surface area contributed by atoms with Crippen molar-refractivity contribution in [1.29, 1.82) is 0 Å². The predicted molar refractivity (Wildman–Crippen MR) is 116 cm³/mol. The molecule has 1 aromatic heterocycles. The second kappa shape index (κ2) is 7.93. The molecule has 8 nitrogen and oxygen atoms in total. The summed E-state index contributed by atoms with van der Waals surface area (Å²) in [5.41, 5.74) is 4.80. The molecule has 2 aromatic carbocycles. The van der Waals surface area contributed by atoms with Crippen LogP contribution < -0.4 is 9.80 Å². The Morgan fingerprint density at radius 1 is 0.800 bits per heavy atom. The summed E-state index contributed by atoms with van der Waals surface area (Å²) in [6.45, 7) is 4.22. The number of hydrogen-bond donors (Lipinski definition) is 0. The Morgan fingerprint density at radius 3 is 2.13 bits per heavy atom. The topological polar surface area (TPSA) is 88.5 Å². The molecule has 156 valence electrons. The van der Waals surface area contributed by atoms with E-state index in [1.165, 1.54) is 50.3 Å². The van der Waals surface area contributed by atoms with Crippen LogP contribution in [0, 0.1) is 10.1 Å². The summed E-state index contributed by atoms with van der Waals surface area (Å²) in [6, 6.07) is 9.85. The standard InChI is InChI=1S/C22H25N5O3/c28-27(29)19-10-9-18(21-22(19)24-30-23-21)17-8-7-16(25-11-3-1-4-12-25)15-20(17)26-13-5-2-6-14-26/h7-10,15H,1-6,11-14H2. The molecule has 0 unspecified atom stereocenters. The second-order valence-corrected chi connectivity index (χ2v) is 8.15. The van der Waals surface area contributed by atoms with Gasteiger partial charge >= 0.3 is 5.69 Å². The van der Waals surface area contributed by atoms with Gasteiger partial charge in [0, 0.05) is 54.7 Å². The minimum atomic E-state index is -0.443. The van der Waals surface area contributed by atoms with Gasteiger partial charge in [-0.2, -0.15) is 0 Å². The molecule has 0 aliphatic carbocycles. The van der Waals surface area contributed by atoms with Crippen LogP contribution >= 0.6 is 0 Å². The zero-order chi connectivity index (χ0) is 20.5. The lowest BCUT2D eigenvalue weighted by atomic mass is 9.98. The van der Waals surface area contributed by atoms with Gasteiger partial charge in [-0.1, -0.05) is 6.07 Å². The number of nitro benzene ring substituents is 1. The number of aromatic nitrogens is 2. The van der Waals surface area contributed by atoms with Crippen molar-refractivity contribution in [2.24, 2.45) is 0 Å². The van der Waals surface area contributed by atoms with Gasteiger partial charge in [-0.3, -0.25) is 10.1 Å². The van der Waals surface area contributed by atoms with Crippen molar-refractivity contribution in [3.63, 3.8) is 0 Å². The van der Waals surface area contributed by atoms with E-state index in [-0.39, 0.29) is 11.2 Å². The van der Waals surface area contributed by atoms with E-state index in [9.17, 15) is 10.1 Å². The number of non-ortho nitro benzene ring substituents is 1. The molecule has 30 heavy (non-hydrogen) atoms. The Labute approximate surface area is 174 Å². The van der Waals surface area contributed by atoms with Crippen molar-refractivity contribution in [3.8, 4) is 11.1 Å². The van der Waals surface area contributed by atoms with Gasteiger partial charge < -0.3 is 9.80 Å². The maximum Gasteiger partial charge on any atom is 0.300 e. The van der Waals surface area contributed by atoms with Gasteiger partial charge in [0.2, 0.25) is 5.52 Å². The van der Waals surface area contributed by atoms with Crippen LogP contribution in [0.15, 0.2) is 35.0 Å². The molecule has 2 fully saturated rings.